The van der Waals surface area contributed by atoms with Crippen molar-refractivity contribution >= 4 is 0 Å². The van der Waals surface area contributed by atoms with Crippen LogP contribution < -0.4 is 0 Å². The maximum atomic E-state index is 6.03. The molecule has 1 fully saturated rings. The van der Waals surface area contributed by atoms with Gasteiger partial charge in [0.25, 0.3) is 0 Å². The first-order valence-corrected chi connectivity index (χ1v) is 21.7. The van der Waals surface area contributed by atoms with Gasteiger partial charge in [-0.2, -0.15) is 0 Å². The molecule has 0 amide bonds. The Morgan fingerprint density at radius 3 is 1.10 bits per heavy atom. The summed E-state index contributed by atoms with van der Waals surface area (Å²) in [6.45, 7) is 10.8. The molecule has 0 bridgehead atoms. The van der Waals surface area contributed by atoms with E-state index in [1.807, 2.05) is 0 Å². The molecule has 3 heteroatoms. The van der Waals surface area contributed by atoms with Gasteiger partial charge in [0.15, 0.2) is 0 Å². The number of nitrogens with zero attached hydrogens (tertiary/aromatic N) is 1. The third-order valence-electron chi connectivity index (χ3n) is 10.2. The van der Waals surface area contributed by atoms with Gasteiger partial charge >= 0.3 is 0 Å². The summed E-state index contributed by atoms with van der Waals surface area (Å²) < 4.78 is 12.1. The zero-order valence-electron chi connectivity index (χ0n) is 33.4. The minimum atomic E-state index is 0.516. The van der Waals surface area contributed by atoms with E-state index in [0.29, 0.717) is 5.41 Å². The summed E-state index contributed by atoms with van der Waals surface area (Å²) in [5.41, 5.74) is 0.516. The molecule has 0 aliphatic carbocycles. The minimum Gasteiger partial charge on any atom is -0.381 e. The van der Waals surface area contributed by atoms with Crippen molar-refractivity contribution in [2.75, 3.05) is 46.6 Å². The Kier molecular flexibility index (Phi) is 34.3. The molecule has 286 valence electrons. The predicted molar refractivity (Wildman–Crippen MR) is 219 cm³/mol. The highest BCUT2D eigenvalue weighted by atomic mass is 16.5. The standard InChI is InChI=1S/C46H85NO2/c1-4-6-8-10-12-14-16-18-20-22-24-26-28-30-32-34-40-48-42-36-38-46(44-47(3)45-46)39-37-43-49-41-35-33-31-29-27-25-23-21-19-17-15-13-11-9-7-5-2/h12-15,18-21H,4-11,16-17,22-45H2,1-3H3. The fraction of sp³-hybridized carbons (Fsp3) is 0.826. The summed E-state index contributed by atoms with van der Waals surface area (Å²) in [5.74, 6) is 0. The lowest BCUT2D eigenvalue weighted by Gasteiger charge is -2.49. The SMILES string of the molecule is CCCCCC=CCC=CCCCCCCCCOCCCC1(CCCOCCCCCCCCC=CCC=CCCCCC)CN(C)C1. The minimum absolute atomic E-state index is 0.516. The quantitative estimate of drug-likeness (QED) is 0.0477. The molecule has 0 saturated carbocycles. The van der Waals surface area contributed by atoms with Crippen LogP contribution in [0.4, 0.5) is 0 Å². The highest BCUT2D eigenvalue weighted by Gasteiger charge is 2.39. The molecule has 0 aromatic rings. The monoisotopic (exact) mass is 684 g/mol. The van der Waals surface area contributed by atoms with Crippen LogP contribution in [0.1, 0.15) is 194 Å². The lowest BCUT2D eigenvalue weighted by Crippen LogP contribution is -2.54. The Bertz CT molecular complexity index is 720. The van der Waals surface area contributed by atoms with Crippen molar-refractivity contribution in [3.05, 3.63) is 48.6 Å². The van der Waals surface area contributed by atoms with E-state index >= 15 is 0 Å². The van der Waals surface area contributed by atoms with E-state index in [9.17, 15) is 0 Å². The molecular formula is C46H85NO2. The van der Waals surface area contributed by atoms with E-state index in [0.717, 1.165) is 39.3 Å². The molecule has 1 aliphatic rings. The fourth-order valence-corrected chi connectivity index (χ4v) is 7.23. The summed E-state index contributed by atoms with van der Waals surface area (Å²) in [5, 5.41) is 0. The largest absolute Gasteiger partial charge is 0.381 e. The molecule has 0 aromatic heterocycles. The maximum absolute atomic E-state index is 6.03. The van der Waals surface area contributed by atoms with Gasteiger partial charge in [-0.3, -0.25) is 0 Å². The van der Waals surface area contributed by atoms with Crippen molar-refractivity contribution in [3.8, 4) is 0 Å². The molecule has 0 radical (unpaired) electrons. The Balaban J connectivity index is 1.85. The Morgan fingerprint density at radius 2 is 0.735 bits per heavy atom. The molecule has 0 aromatic carbocycles. The molecule has 1 aliphatic heterocycles. The van der Waals surface area contributed by atoms with E-state index in [2.05, 4.69) is 74.4 Å². The Morgan fingerprint density at radius 1 is 0.408 bits per heavy atom. The molecule has 1 rings (SSSR count). The number of hydrogen-bond donors (Lipinski definition) is 0. The summed E-state index contributed by atoms with van der Waals surface area (Å²) in [7, 11) is 2.27. The molecule has 3 nitrogen and oxygen atoms in total. The molecule has 1 heterocycles. The van der Waals surface area contributed by atoms with Crippen LogP contribution in [0, 0.1) is 5.41 Å². The van der Waals surface area contributed by atoms with E-state index in [4.69, 9.17) is 9.47 Å². The van der Waals surface area contributed by atoms with Gasteiger partial charge < -0.3 is 14.4 Å². The zero-order valence-corrected chi connectivity index (χ0v) is 33.4. The third kappa shape index (κ3) is 31.3. The molecule has 0 N–H and O–H groups in total. The van der Waals surface area contributed by atoms with Crippen LogP contribution in [-0.4, -0.2) is 51.5 Å². The number of hydrogen-bond acceptors (Lipinski definition) is 3. The van der Waals surface area contributed by atoms with Gasteiger partial charge in [-0.25, -0.2) is 0 Å². The van der Waals surface area contributed by atoms with E-state index in [1.165, 1.54) is 180 Å². The van der Waals surface area contributed by atoms with Crippen molar-refractivity contribution < 1.29 is 9.47 Å². The van der Waals surface area contributed by atoms with E-state index in [1.54, 1.807) is 0 Å². The molecule has 0 unspecified atom stereocenters. The van der Waals surface area contributed by atoms with Crippen LogP contribution in [0.5, 0.6) is 0 Å². The normalized spacial score (nSPS) is 15.2. The predicted octanol–water partition coefficient (Wildman–Crippen LogP) is 14.1. The molecule has 49 heavy (non-hydrogen) atoms. The van der Waals surface area contributed by atoms with Gasteiger partial charge in [-0.1, -0.05) is 140 Å². The van der Waals surface area contributed by atoms with Crippen LogP contribution in [0.15, 0.2) is 48.6 Å². The van der Waals surface area contributed by atoms with Crippen LogP contribution in [0.2, 0.25) is 0 Å². The molecule has 1 saturated heterocycles. The maximum Gasteiger partial charge on any atom is 0.0466 e. The first-order valence-electron chi connectivity index (χ1n) is 21.7. The summed E-state index contributed by atoms with van der Waals surface area (Å²) >= 11 is 0. The van der Waals surface area contributed by atoms with Crippen LogP contribution in [-0.2, 0) is 9.47 Å². The molecule has 0 spiro atoms. The summed E-state index contributed by atoms with van der Waals surface area (Å²) in [6, 6.07) is 0. The average Bonchev–Trinajstić information content (AvgIpc) is 3.09. The van der Waals surface area contributed by atoms with Crippen LogP contribution >= 0.6 is 0 Å². The second-order valence-corrected chi connectivity index (χ2v) is 15.3. The Hall–Kier alpha value is -1.16. The highest BCUT2D eigenvalue weighted by Crippen LogP contribution is 2.38. The van der Waals surface area contributed by atoms with Gasteiger partial charge in [-0.05, 0) is 115 Å². The smallest absolute Gasteiger partial charge is 0.0466 e. The highest BCUT2D eigenvalue weighted by molar-refractivity contribution is 4.94. The third-order valence-corrected chi connectivity index (χ3v) is 10.2. The van der Waals surface area contributed by atoms with Crippen molar-refractivity contribution in [1.82, 2.24) is 4.90 Å². The van der Waals surface area contributed by atoms with Crippen molar-refractivity contribution in [3.63, 3.8) is 0 Å². The average molecular weight is 684 g/mol. The zero-order chi connectivity index (χ0) is 35.2. The van der Waals surface area contributed by atoms with Gasteiger partial charge in [-0.15, -0.1) is 0 Å². The topological polar surface area (TPSA) is 21.7 Å². The van der Waals surface area contributed by atoms with Crippen LogP contribution in [0.3, 0.4) is 0 Å². The fourth-order valence-electron chi connectivity index (χ4n) is 7.23. The number of ether oxygens (including phenoxy) is 2. The van der Waals surface area contributed by atoms with E-state index < -0.39 is 0 Å². The lowest BCUT2D eigenvalue weighted by molar-refractivity contribution is -0.0101. The molecular weight excluding hydrogens is 599 g/mol. The summed E-state index contributed by atoms with van der Waals surface area (Å²) in [6.07, 6.45) is 55.1. The number of allylic oxidation sites excluding steroid dienone is 8. The van der Waals surface area contributed by atoms with E-state index in [-0.39, 0.29) is 0 Å². The van der Waals surface area contributed by atoms with Crippen molar-refractivity contribution in [2.24, 2.45) is 5.41 Å². The summed E-state index contributed by atoms with van der Waals surface area (Å²) in [4.78, 5) is 2.48. The van der Waals surface area contributed by atoms with Crippen molar-refractivity contribution in [1.29, 1.82) is 0 Å². The first-order chi connectivity index (χ1) is 24.2. The number of likely N-dealkylation sites (tertiary alicyclic amines) is 1. The van der Waals surface area contributed by atoms with Crippen LogP contribution in [0.25, 0.3) is 0 Å². The lowest BCUT2D eigenvalue weighted by atomic mass is 9.73. The number of rotatable bonds is 38. The second-order valence-electron chi connectivity index (χ2n) is 15.3. The number of unbranched alkanes of at least 4 members (excludes halogenated alkanes) is 18. The van der Waals surface area contributed by atoms with Gasteiger partial charge in [0.1, 0.15) is 0 Å². The molecule has 0 atom stereocenters. The second kappa shape index (κ2) is 36.6. The van der Waals surface area contributed by atoms with Gasteiger partial charge in [0.2, 0.25) is 0 Å². The van der Waals surface area contributed by atoms with Gasteiger partial charge in [0.05, 0.1) is 0 Å². The first kappa shape index (κ1) is 45.9. The van der Waals surface area contributed by atoms with Gasteiger partial charge in [0, 0.05) is 39.5 Å². The Labute approximate surface area is 307 Å². The van der Waals surface area contributed by atoms with Crippen molar-refractivity contribution in [2.45, 2.75) is 194 Å².